The Morgan fingerprint density at radius 1 is 1.33 bits per heavy atom. The highest BCUT2D eigenvalue weighted by Gasteiger charge is 2.13. The number of halogens is 1. The Morgan fingerprint density at radius 3 is 2.87 bits per heavy atom. The molecule has 0 saturated carbocycles. The Balaban J connectivity index is 1.70. The van der Waals surface area contributed by atoms with E-state index in [2.05, 4.69) is 32.9 Å². The minimum absolute atomic E-state index is 0.0379. The number of ether oxygens (including phenoxy) is 2. The zero-order valence-corrected chi connectivity index (χ0v) is 18.9. The van der Waals surface area contributed by atoms with Gasteiger partial charge in [-0.2, -0.15) is 5.26 Å². The predicted octanol–water partition coefficient (Wildman–Crippen LogP) is 4.45. The van der Waals surface area contributed by atoms with Crippen LogP contribution in [-0.4, -0.2) is 31.2 Å². The maximum atomic E-state index is 12.5. The Hall–Kier alpha value is -2.99. The van der Waals surface area contributed by atoms with Crippen molar-refractivity contribution in [1.29, 1.82) is 5.26 Å². The molecule has 154 valence electrons. The number of benzene rings is 2. The third-order valence-electron chi connectivity index (χ3n) is 4.57. The topological polar surface area (TPSA) is 87.1 Å². The average molecular weight is 515 g/mol. The number of methoxy groups -OCH3 is 1. The molecular weight excluding hydrogens is 493 g/mol. The lowest BCUT2D eigenvalue weighted by atomic mass is 10.1. The van der Waals surface area contributed by atoms with Gasteiger partial charge in [0.15, 0.2) is 11.5 Å². The van der Waals surface area contributed by atoms with Crippen LogP contribution in [0.15, 0.2) is 48.2 Å². The van der Waals surface area contributed by atoms with Crippen molar-refractivity contribution in [2.24, 2.45) is 0 Å². The van der Waals surface area contributed by atoms with Crippen molar-refractivity contribution < 1.29 is 14.3 Å². The van der Waals surface area contributed by atoms with Gasteiger partial charge < -0.3 is 19.8 Å². The maximum absolute atomic E-state index is 12.5. The first-order valence-corrected chi connectivity index (χ1v) is 10.6. The number of H-pyrrole nitrogens is 1. The SMILES string of the molecule is CCOc1c(I)cc(/C=C(\C#N)C(=O)NCCc2c[nH]c3ccccc23)cc1OC. The molecular formula is C23H22IN3O3. The van der Waals surface area contributed by atoms with Crippen LogP contribution in [0, 0.1) is 14.9 Å². The van der Waals surface area contributed by atoms with Gasteiger partial charge in [0.25, 0.3) is 5.91 Å². The standard InChI is InChI=1S/C23H22IN3O3/c1-3-30-22-19(24)11-15(12-21(22)29-2)10-17(13-25)23(28)26-9-8-16-14-27-20-7-5-4-6-18(16)20/h4-7,10-12,14,27H,3,8-9H2,1-2H3,(H,26,28)/b17-10+. The third-order valence-corrected chi connectivity index (χ3v) is 5.37. The highest BCUT2D eigenvalue weighted by molar-refractivity contribution is 14.1. The lowest BCUT2D eigenvalue weighted by molar-refractivity contribution is -0.117. The summed E-state index contributed by atoms with van der Waals surface area (Å²) >= 11 is 2.15. The normalized spacial score (nSPS) is 11.2. The van der Waals surface area contributed by atoms with E-state index in [1.807, 2.05) is 49.5 Å². The Labute approximate surface area is 189 Å². The number of nitriles is 1. The minimum atomic E-state index is -0.403. The van der Waals surface area contributed by atoms with Crippen molar-refractivity contribution in [2.45, 2.75) is 13.3 Å². The van der Waals surface area contributed by atoms with E-state index in [1.165, 1.54) is 0 Å². The van der Waals surface area contributed by atoms with E-state index in [0.29, 0.717) is 36.6 Å². The summed E-state index contributed by atoms with van der Waals surface area (Å²) in [6.07, 6.45) is 4.18. The first-order valence-electron chi connectivity index (χ1n) is 9.52. The van der Waals surface area contributed by atoms with Gasteiger partial charge >= 0.3 is 0 Å². The number of nitrogens with zero attached hydrogens (tertiary/aromatic N) is 1. The van der Waals surface area contributed by atoms with Crippen LogP contribution < -0.4 is 14.8 Å². The van der Waals surface area contributed by atoms with Crippen LogP contribution in [-0.2, 0) is 11.2 Å². The number of nitrogens with one attached hydrogen (secondary N) is 2. The fourth-order valence-corrected chi connectivity index (χ4v) is 3.95. The molecule has 0 aliphatic carbocycles. The maximum Gasteiger partial charge on any atom is 0.261 e. The van der Waals surface area contributed by atoms with Crippen molar-refractivity contribution in [3.8, 4) is 17.6 Å². The number of carbonyl (C=O) groups excluding carboxylic acids is 1. The van der Waals surface area contributed by atoms with Crippen LogP contribution in [0.5, 0.6) is 11.5 Å². The van der Waals surface area contributed by atoms with Crippen molar-refractivity contribution in [2.75, 3.05) is 20.3 Å². The smallest absolute Gasteiger partial charge is 0.261 e. The summed E-state index contributed by atoms with van der Waals surface area (Å²) in [5, 5.41) is 13.4. The molecule has 0 saturated heterocycles. The summed E-state index contributed by atoms with van der Waals surface area (Å²) in [5.41, 5.74) is 2.92. The summed E-state index contributed by atoms with van der Waals surface area (Å²) in [7, 11) is 1.56. The Bertz CT molecular complexity index is 1130. The number of aromatic nitrogens is 1. The second-order valence-electron chi connectivity index (χ2n) is 6.50. The number of rotatable bonds is 8. The molecule has 0 unspecified atom stereocenters. The molecule has 0 fully saturated rings. The number of aromatic amines is 1. The minimum Gasteiger partial charge on any atom is -0.493 e. The fraction of sp³-hybridized carbons (Fsp3) is 0.217. The molecule has 7 heteroatoms. The molecule has 30 heavy (non-hydrogen) atoms. The van der Waals surface area contributed by atoms with Crippen LogP contribution >= 0.6 is 22.6 Å². The summed E-state index contributed by atoms with van der Waals surface area (Å²) < 4.78 is 11.8. The highest BCUT2D eigenvalue weighted by atomic mass is 127. The van der Waals surface area contributed by atoms with Gasteiger partial charge in [-0.05, 0) is 71.3 Å². The van der Waals surface area contributed by atoms with Crippen LogP contribution in [0.3, 0.4) is 0 Å². The van der Waals surface area contributed by atoms with Gasteiger partial charge in [-0.3, -0.25) is 4.79 Å². The molecule has 0 atom stereocenters. The monoisotopic (exact) mass is 515 g/mol. The van der Waals surface area contributed by atoms with Crippen molar-refractivity contribution in [3.05, 3.63) is 62.9 Å². The number of carbonyl (C=O) groups is 1. The van der Waals surface area contributed by atoms with Crippen LogP contribution in [0.2, 0.25) is 0 Å². The Morgan fingerprint density at radius 2 is 2.13 bits per heavy atom. The molecule has 1 aromatic heterocycles. The number of hydrogen-bond donors (Lipinski definition) is 2. The van der Waals surface area contributed by atoms with Gasteiger partial charge in [0.2, 0.25) is 0 Å². The van der Waals surface area contributed by atoms with Crippen molar-refractivity contribution in [1.82, 2.24) is 10.3 Å². The average Bonchev–Trinajstić information content (AvgIpc) is 3.16. The fourth-order valence-electron chi connectivity index (χ4n) is 3.17. The second kappa shape index (κ2) is 10.2. The van der Waals surface area contributed by atoms with Crippen LogP contribution in [0.4, 0.5) is 0 Å². The van der Waals surface area contributed by atoms with E-state index in [1.54, 1.807) is 19.3 Å². The van der Waals surface area contributed by atoms with Gasteiger partial charge in [-0.1, -0.05) is 18.2 Å². The first kappa shape index (κ1) is 21.7. The van der Waals surface area contributed by atoms with E-state index in [-0.39, 0.29) is 5.57 Å². The predicted molar refractivity (Wildman–Crippen MR) is 125 cm³/mol. The zero-order chi connectivity index (χ0) is 21.5. The molecule has 0 aliphatic rings. The lowest BCUT2D eigenvalue weighted by Gasteiger charge is -2.12. The van der Waals surface area contributed by atoms with Gasteiger partial charge in [0.1, 0.15) is 11.6 Å². The number of fused-ring (bicyclic) bond motifs is 1. The highest BCUT2D eigenvalue weighted by Crippen LogP contribution is 2.34. The number of amides is 1. The molecule has 3 rings (SSSR count). The molecule has 2 aromatic carbocycles. The Kier molecular flexibility index (Phi) is 7.36. The van der Waals surface area contributed by atoms with E-state index >= 15 is 0 Å². The number of para-hydroxylation sites is 1. The quantitative estimate of drug-likeness (QED) is 0.264. The molecule has 1 heterocycles. The summed E-state index contributed by atoms with van der Waals surface area (Å²) in [5.74, 6) is 0.812. The molecule has 3 aromatic rings. The molecule has 6 nitrogen and oxygen atoms in total. The van der Waals surface area contributed by atoms with Gasteiger partial charge in [0.05, 0.1) is 17.3 Å². The van der Waals surface area contributed by atoms with Gasteiger partial charge in [-0.15, -0.1) is 0 Å². The lowest BCUT2D eigenvalue weighted by Crippen LogP contribution is -2.26. The molecule has 0 spiro atoms. The summed E-state index contributed by atoms with van der Waals surface area (Å²) in [6, 6.07) is 13.6. The molecule has 0 aliphatic heterocycles. The number of hydrogen-bond acceptors (Lipinski definition) is 4. The largest absolute Gasteiger partial charge is 0.493 e. The van der Waals surface area contributed by atoms with E-state index in [0.717, 1.165) is 20.0 Å². The van der Waals surface area contributed by atoms with E-state index in [4.69, 9.17) is 9.47 Å². The summed E-state index contributed by atoms with van der Waals surface area (Å²) in [4.78, 5) is 15.7. The zero-order valence-electron chi connectivity index (χ0n) is 16.8. The third kappa shape index (κ3) is 4.94. The summed E-state index contributed by atoms with van der Waals surface area (Å²) in [6.45, 7) is 2.85. The first-order chi connectivity index (χ1) is 14.6. The van der Waals surface area contributed by atoms with Crippen LogP contribution in [0.25, 0.3) is 17.0 Å². The second-order valence-corrected chi connectivity index (χ2v) is 7.66. The van der Waals surface area contributed by atoms with Crippen LogP contribution in [0.1, 0.15) is 18.1 Å². The molecule has 2 N–H and O–H groups in total. The van der Waals surface area contributed by atoms with E-state index in [9.17, 15) is 10.1 Å². The van der Waals surface area contributed by atoms with Gasteiger partial charge in [-0.25, -0.2) is 0 Å². The van der Waals surface area contributed by atoms with Crippen molar-refractivity contribution >= 4 is 45.5 Å². The van der Waals surface area contributed by atoms with Crippen molar-refractivity contribution in [3.63, 3.8) is 0 Å². The molecule has 0 radical (unpaired) electrons. The van der Waals surface area contributed by atoms with E-state index < -0.39 is 5.91 Å². The molecule has 1 amide bonds. The molecule has 0 bridgehead atoms. The van der Waals surface area contributed by atoms with Gasteiger partial charge in [0, 0.05) is 23.6 Å².